The quantitative estimate of drug-likeness (QED) is 0.787. The van der Waals surface area contributed by atoms with Crippen molar-refractivity contribution in [3.8, 4) is 5.75 Å². The Morgan fingerprint density at radius 3 is 2.44 bits per heavy atom. The second kappa shape index (κ2) is 5.27. The van der Waals surface area contributed by atoms with Crippen molar-refractivity contribution in [3.63, 3.8) is 0 Å². The minimum absolute atomic E-state index is 0.431. The van der Waals surface area contributed by atoms with E-state index < -0.39 is 0 Å². The molecule has 0 bridgehead atoms. The lowest BCUT2D eigenvalue weighted by atomic mass is 10.1. The van der Waals surface area contributed by atoms with Gasteiger partial charge in [-0.3, -0.25) is 0 Å². The summed E-state index contributed by atoms with van der Waals surface area (Å²) in [5, 5.41) is 9.91. The summed E-state index contributed by atoms with van der Waals surface area (Å²) in [5.41, 5.74) is 1.19. The summed E-state index contributed by atoms with van der Waals surface area (Å²) in [6, 6.07) is 7.94. The highest BCUT2D eigenvalue weighted by Gasteiger charge is 2.04. The van der Waals surface area contributed by atoms with Gasteiger partial charge in [-0.15, -0.1) is 21.8 Å². The normalized spacial score (nSPS) is 10.4. The minimum Gasteiger partial charge on any atom is -0.497 e. The topological polar surface area (TPSA) is 35.0 Å². The van der Waals surface area contributed by atoms with Gasteiger partial charge in [0.15, 0.2) is 0 Å². The third kappa shape index (κ3) is 2.71. The average molecular weight is 255 g/mol. The smallest absolute Gasteiger partial charge is 0.132 e. The first-order valence-corrected chi connectivity index (χ1v) is 6.17. The lowest BCUT2D eigenvalue weighted by Crippen LogP contribution is -1.88. The summed E-state index contributed by atoms with van der Waals surface area (Å²) in [4.78, 5) is 0. The molecule has 2 aromatic rings. The molecule has 0 fully saturated rings. The van der Waals surface area contributed by atoms with Gasteiger partial charge in [-0.05, 0) is 17.7 Å². The first-order valence-electron chi connectivity index (χ1n) is 4.82. The Kier molecular flexibility index (Phi) is 3.74. The molecule has 16 heavy (non-hydrogen) atoms. The molecule has 0 aliphatic carbocycles. The van der Waals surface area contributed by atoms with E-state index in [2.05, 4.69) is 10.2 Å². The highest BCUT2D eigenvalue weighted by molar-refractivity contribution is 7.11. The molecule has 0 saturated heterocycles. The summed E-state index contributed by atoms with van der Waals surface area (Å²) in [6.45, 7) is 0. The Morgan fingerprint density at radius 1 is 1.19 bits per heavy atom. The van der Waals surface area contributed by atoms with Crippen LogP contribution in [0.4, 0.5) is 0 Å². The standard InChI is InChI=1S/C11H11ClN2OS/c1-15-9-4-2-8(3-5-9)6-10-13-14-11(7-12)16-10/h2-5H,6-7H2,1H3. The highest BCUT2D eigenvalue weighted by atomic mass is 35.5. The van der Waals surface area contributed by atoms with Crippen molar-refractivity contribution in [2.75, 3.05) is 7.11 Å². The molecular formula is C11H11ClN2OS. The molecule has 1 aromatic carbocycles. The van der Waals surface area contributed by atoms with Gasteiger partial charge in [0.1, 0.15) is 15.8 Å². The van der Waals surface area contributed by atoms with Crippen molar-refractivity contribution >= 4 is 22.9 Å². The Labute approximate surface area is 103 Å². The number of nitrogens with zero attached hydrogens (tertiary/aromatic N) is 2. The van der Waals surface area contributed by atoms with Gasteiger partial charge >= 0.3 is 0 Å². The van der Waals surface area contributed by atoms with Crippen LogP contribution >= 0.6 is 22.9 Å². The number of ether oxygens (including phenoxy) is 1. The zero-order valence-electron chi connectivity index (χ0n) is 8.81. The van der Waals surface area contributed by atoms with Crippen LogP contribution in [0.15, 0.2) is 24.3 Å². The monoisotopic (exact) mass is 254 g/mol. The number of hydrogen-bond acceptors (Lipinski definition) is 4. The molecule has 5 heteroatoms. The fourth-order valence-corrected chi connectivity index (χ4v) is 2.28. The predicted octanol–water partition coefficient (Wildman–Crippen LogP) is 2.88. The first-order chi connectivity index (χ1) is 7.81. The minimum atomic E-state index is 0.431. The van der Waals surface area contributed by atoms with E-state index >= 15 is 0 Å². The Bertz CT molecular complexity index is 455. The Morgan fingerprint density at radius 2 is 1.88 bits per heavy atom. The van der Waals surface area contributed by atoms with E-state index in [-0.39, 0.29) is 0 Å². The van der Waals surface area contributed by atoms with E-state index in [0.717, 1.165) is 22.2 Å². The molecule has 0 saturated carbocycles. The van der Waals surface area contributed by atoms with E-state index in [4.69, 9.17) is 16.3 Å². The van der Waals surface area contributed by atoms with Crippen LogP contribution in [-0.4, -0.2) is 17.3 Å². The molecule has 3 nitrogen and oxygen atoms in total. The molecule has 0 aliphatic rings. The summed E-state index contributed by atoms with van der Waals surface area (Å²) in [6.07, 6.45) is 0.790. The molecule has 1 heterocycles. The number of rotatable bonds is 4. The molecule has 0 unspecified atom stereocenters. The van der Waals surface area contributed by atoms with Crippen LogP contribution in [0.2, 0.25) is 0 Å². The molecule has 1 aromatic heterocycles. The van der Waals surface area contributed by atoms with E-state index in [1.807, 2.05) is 24.3 Å². The van der Waals surface area contributed by atoms with Crippen LogP contribution in [0, 0.1) is 0 Å². The fraction of sp³-hybridized carbons (Fsp3) is 0.273. The molecule has 0 atom stereocenters. The Hall–Kier alpha value is -1.13. The van der Waals surface area contributed by atoms with Crippen molar-refractivity contribution in [2.24, 2.45) is 0 Å². The largest absolute Gasteiger partial charge is 0.497 e. The lowest BCUT2D eigenvalue weighted by molar-refractivity contribution is 0.414. The molecule has 0 aliphatic heterocycles. The molecular weight excluding hydrogens is 244 g/mol. The SMILES string of the molecule is COc1ccc(Cc2nnc(CCl)s2)cc1. The first kappa shape index (κ1) is 11.4. The maximum atomic E-state index is 5.67. The number of halogens is 1. The van der Waals surface area contributed by atoms with Gasteiger partial charge in [0.05, 0.1) is 13.0 Å². The maximum absolute atomic E-state index is 5.67. The van der Waals surface area contributed by atoms with E-state index in [1.54, 1.807) is 18.4 Å². The zero-order valence-corrected chi connectivity index (χ0v) is 10.4. The van der Waals surface area contributed by atoms with Crippen molar-refractivity contribution in [2.45, 2.75) is 12.3 Å². The van der Waals surface area contributed by atoms with Crippen molar-refractivity contribution in [1.29, 1.82) is 0 Å². The number of aromatic nitrogens is 2. The second-order valence-corrected chi connectivity index (χ2v) is 4.66. The third-order valence-corrected chi connectivity index (χ3v) is 3.47. The predicted molar refractivity (Wildman–Crippen MR) is 65.3 cm³/mol. The van der Waals surface area contributed by atoms with Crippen LogP contribution in [0.25, 0.3) is 0 Å². The van der Waals surface area contributed by atoms with E-state index in [9.17, 15) is 0 Å². The number of alkyl halides is 1. The van der Waals surface area contributed by atoms with Gasteiger partial charge in [0.25, 0.3) is 0 Å². The van der Waals surface area contributed by atoms with E-state index in [0.29, 0.717) is 5.88 Å². The summed E-state index contributed by atoms with van der Waals surface area (Å²) in [7, 11) is 1.66. The van der Waals surface area contributed by atoms with Gasteiger partial charge in [-0.25, -0.2) is 0 Å². The van der Waals surface area contributed by atoms with Gasteiger partial charge in [-0.1, -0.05) is 23.5 Å². The summed E-state index contributed by atoms with van der Waals surface area (Å²) < 4.78 is 5.10. The van der Waals surface area contributed by atoms with Crippen molar-refractivity contribution < 1.29 is 4.74 Å². The van der Waals surface area contributed by atoms with Gasteiger partial charge in [0, 0.05) is 6.42 Å². The fourth-order valence-electron chi connectivity index (χ4n) is 1.33. The summed E-state index contributed by atoms with van der Waals surface area (Å²) in [5.74, 6) is 1.29. The number of benzene rings is 1. The van der Waals surface area contributed by atoms with Gasteiger partial charge in [0.2, 0.25) is 0 Å². The highest BCUT2D eigenvalue weighted by Crippen LogP contribution is 2.18. The lowest BCUT2D eigenvalue weighted by Gasteiger charge is -2.00. The van der Waals surface area contributed by atoms with Crippen LogP contribution in [-0.2, 0) is 12.3 Å². The van der Waals surface area contributed by atoms with Crippen LogP contribution in [0.3, 0.4) is 0 Å². The third-order valence-electron chi connectivity index (χ3n) is 2.14. The van der Waals surface area contributed by atoms with E-state index in [1.165, 1.54) is 5.56 Å². The molecule has 0 N–H and O–H groups in total. The van der Waals surface area contributed by atoms with Crippen LogP contribution in [0.1, 0.15) is 15.6 Å². The van der Waals surface area contributed by atoms with Crippen molar-refractivity contribution in [3.05, 3.63) is 39.8 Å². The number of hydrogen-bond donors (Lipinski definition) is 0. The zero-order chi connectivity index (χ0) is 11.4. The average Bonchev–Trinajstić information content (AvgIpc) is 2.78. The molecule has 0 spiro atoms. The molecule has 2 rings (SSSR count). The Balaban J connectivity index is 2.08. The molecule has 84 valence electrons. The number of methoxy groups -OCH3 is 1. The molecule has 0 radical (unpaired) electrons. The van der Waals surface area contributed by atoms with Crippen LogP contribution in [0.5, 0.6) is 5.75 Å². The maximum Gasteiger partial charge on any atom is 0.132 e. The van der Waals surface area contributed by atoms with Gasteiger partial charge in [-0.2, -0.15) is 0 Å². The van der Waals surface area contributed by atoms with Crippen molar-refractivity contribution in [1.82, 2.24) is 10.2 Å². The van der Waals surface area contributed by atoms with Crippen LogP contribution < -0.4 is 4.74 Å². The molecule has 0 amide bonds. The summed E-state index contributed by atoms with van der Waals surface area (Å²) >= 11 is 7.23. The second-order valence-electron chi connectivity index (χ2n) is 3.25. The van der Waals surface area contributed by atoms with Gasteiger partial charge < -0.3 is 4.74 Å².